The van der Waals surface area contributed by atoms with Crippen LogP contribution in [0.2, 0.25) is 0 Å². The van der Waals surface area contributed by atoms with E-state index in [1.807, 2.05) is 20.8 Å². The molecule has 0 aromatic rings. The maximum Gasteiger partial charge on any atom is 0.410 e. The van der Waals surface area contributed by atoms with E-state index >= 15 is 0 Å². The molecule has 0 aromatic carbocycles. The molecule has 1 aliphatic heterocycles. The van der Waals surface area contributed by atoms with Crippen LogP contribution in [-0.4, -0.2) is 41.8 Å². The molecule has 0 aliphatic carbocycles. The van der Waals surface area contributed by atoms with Gasteiger partial charge in [-0.1, -0.05) is 0 Å². The van der Waals surface area contributed by atoms with E-state index in [1.54, 1.807) is 4.90 Å². The molecule has 1 atom stereocenters. The number of ether oxygens (including phenoxy) is 2. The van der Waals surface area contributed by atoms with E-state index in [2.05, 4.69) is 0 Å². The largest absolute Gasteiger partial charge is 0.464 e. The highest BCUT2D eigenvalue weighted by molar-refractivity contribution is 5.69. The molecule has 0 spiro atoms. The van der Waals surface area contributed by atoms with E-state index in [9.17, 15) is 9.59 Å². The maximum absolute atomic E-state index is 11.9. The first-order valence-corrected chi connectivity index (χ1v) is 5.92. The fourth-order valence-electron chi connectivity index (χ4n) is 1.78. The Labute approximate surface area is 102 Å². The zero-order valence-corrected chi connectivity index (χ0v) is 11.0. The van der Waals surface area contributed by atoms with Crippen molar-refractivity contribution >= 4 is 12.1 Å². The van der Waals surface area contributed by atoms with Crippen LogP contribution in [0.1, 0.15) is 40.5 Å². The van der Waals surface area contributed by atoms with Crippen molar-refractivity contribution in [3.05, 3.63) is 0 Å². The summed E-state index contributed by atoms with van der Waals surface area (Å²) in [4.78, 5) is 24.3. The predicted molar refractivity (Wildman–Crippen MR) is 62.6 cm³/mol. The number of carbonyl (C=O) groups is 2. The van der Waals surface area contributed by atoms with Gasteiger partial charge in [-0.3, -0.25) is 4.79 Å². The number of carbonyl (C=O) groups excluding carboxylic acids is 2. The molecule has 0 aromatic heterocycles. The van der Waals surface area contributed by atoms with Gasteiger partial charge < -0.3 is 14.4 Å². The number of nitrogens with zero attached hydrogens (tertiary/aromatic N) is 1. The Hall–Kier alpha value is -1.26. The van der Waals surface area contributed by atoms with Gasteiger partial charge in [-0.05, 0) is 33.6 Å². The van der Waals surface area contributed by atoms with E-state index in [4.69, 9.17) is 9.47 Å². The summed E-state index contributed by atoms with van der Waals surface area (Å²) in [5, 5.41) is 0. The molecule has 1 amide bonds. The number of likely N-dealkylation sites (tertiary alicyclic amines) is 1. The highest BCUT2D eigenvalue weighted by Gasteiger charge is 2.32. The first-order chi connectivity index (χ1) is 7.79. The molecule has 17 heavy (non-hydrogen) atoms. The van der Waals surface area contributed by atoms with Gasteiger partial charge in [-0.25, -0.2) is 4.79 Å². The number of hydrogen-bond donors (Lipinski definition) is 0. The lowest BCUT2D eigenvalue weighted by Gasteiger charge is -2.28. The van der Waals surface area contributed by atoms with Gasteiger partial charge in [-0.15, -0.1) is 0 Å². The van der Waals surface area contributed by atoms with Crippen LogP contribution in [0.3, 0.4) is 0 Å². The Morgan fingerprint density at radius 1 is 1.35 bits per heavy atom. The Morgan fingerprint density at radius 2 is 2.00 bits per heavy atom. The third-order valence-corrected chi connectivity index (χ3v) is 2.48. The molecule has 1 rings (SSSR count). The molecule has 98 valence electrons. The minimum absolute atomic E-state index is 0.0475. The number of hydrogen-bond acceptors (Lipinski definition) is 4. The van der Waals surface area contributed by atoms with Crippen molar-refractivity contribution in [2.45, 2.75) is 52.2 Å². The first kappa shape index (κ1) is 13.8. The molecule has 1 saturated heterocycles. The van der Waals surface area contributed by atoms with E-state index < -0.39 is 5.60 Å². The summed E-state index contributed by atoms with van der Waals surface area (Å²) in [5.74, 6) is -0.318. The van der Waals surface area contributed by atoms with E-state index in [-0.39, 0.29) is 24.7 Å². The molecule has 0 N–H and O–H groups in total. The third-order valence-electron chi connectivity index (χ3n) is 2.48. The number of esters is 1. The second kappa shape index (κ2) is 5.38. The van der Waals surface area contributed by atoms with E-state index in [0.29, 0.717) is 6.54 Å². The second-order valence-corrected chi connectivity index (χ2v) is 5.27. The highest BCUT2D eigenvalue weighted by atomic mass is 16.6. The van der Waals surface area contributed by atoms with Crippen molar-refractivity contribution in [2.24, 2.45) is 0 Å². The average molecular weight is 243 g/mol. The van der Waals surface area contributed by atoms with E-state index in [0.717, 1.165) is 12.8 Å². The van der Waals surface area contributed by atoms with Crippen LogP contribution in [0, 0.1) is 0 Å². The number of rotatable bonds is 2. The molecule has 1 aliphatic rings. The monoisotopic (exact) mass is 243 g/mol. The smallest absolute Gasteiger partial charge is 0.410 e. The van der Waals surface area contributed by atoms with Crippen molar-refractivity contribution in [1.29, 1.82) is 0 Å². The minimum Gasteiger partial charge on any atom is -0.464 e. The highest BCUT2D eigenvalue weighted by Crippen LogP contribution is 2.20. The normalized spacial score (nSPS) is 20.2. The fourth-order valence-corrected chi connectivity index (χ4v) is 1.78. The molecule has 1 heterocycles. The fraction of sp³-hybridized carbons (Fsp3) is 0.833. The zero-order chi connectivity index (χ0) is 13.1. The van der Waals surface area contributed by atoms with Gasteiger partial charge in [-0.2, -0.15) is 0 Å². The van der Waals surface area contributed by atoms with Crippen LogP contribution < -0.4 is 0 Å². The second-order valence-electron chi connectivity index (χ2n) is 5.27. The van der Waals surface area contributed by atoms with Crippen LogP contribution in [0.4, 0.5) is 4.79 Å². The Kier molecular flexibility index (Phi) is 4.37. The molecule has 5 heteroatoms. The SMILES string of the molecule is CC(=O)OC[C@H]1CCCN1C(=O)OC(C)(C)C. The molecule has 5 nitrogen and oxygen atoms in total. The van der Waals surface area contributed by atoms with Gasteiger partial charge in [0.2, 0.25) is 0 Å². The first-order valence-electron chi connectivity index (χ1n) is 5.92. The molecule has 0 bridgehead atoms. The Balaban J connectivity index is 2.51. The van der Waals surface area contributed by atoms with Gasteiger partial charge in [0, 0.05) is 13.5 Å². The average Bonchev–Trinajstić information content (AvgIpc) is 2.59. The standard InChI is InChI=1S/C12H21NO4/c1-9(14)16-8-10-6-5-7-13(10)11(15)17-12(2,3)4/h10H,5-8H2,1-4H3/t10-/m1/s1. The summed E-state index contributed by atoms with van der Waals surface area (Å²) < 4.78 is 10.3. The molecule has 1 fully saturated rings. The molecule has 0 saturated carbocycles. The van der Waals surface area contributed by atoms with Crippen molar-refractivity contribution in [3.63, 3.8) is 0 Å². The van der Waals surface area contributed by atoms with Crippen molar-refractivity contribution in [2.75, 3.05) is 13.2 Å². The van der Waals surface area contributed by atoms with Gasteiger partial charge in [0.15, 0.2) is 0 Å². The predicted octanol–water partition coefficient (Wildman–Crippen LogP) is 1.95. The van der Waals surface area contributed by atoms with Crippen LogP contribution in [0.5, 0.6) is 0 Å². The van der Waals surface area contributed by atoms with Crippen LogP contribution in [-0.2, 0) is 14.3 Å². The molecule has 0 unspecified atom stereocenters. The van der Waals surface area contributed by atoms with Crippen LogP contribution in [0.25, 0.3) is 0 Å². The van der Waals surface area contributed by atoms with Gasteiger partial charge in [0.05, 0.1) is 6.04 Å². The summed E-state index contributed by atoms with van der Waals surface area (Å²) >= 11 is 0. The topological polar surface area (TPSA) is 55.8 Å². The summed E-state index contributed by atoms with van der Waals surface area (Å²) in [6.07, 6.45) is 1.45. The van der Waals surface area contributed by atoms with E-state index in [1.165, 1.54) is 6.92 Å². The lowest BCUT2D eigenvalue weighted by molar-refractivity contribution is -0.142. The summed E-state index contributed by atoms with van der Waals surface area (Å²) in [6, 6.07) is -0.0475. The Bertz CT molecular complexity index is 295. The third kappa shape index (κ3) is 4.63. The quantitative estimate of drug-likeness (QED) is 0.695. The molecular formula is C12H21NO4. The number of amides is 1. The molecular weight excluding hydrogens is 222 g/mol. The minimum atomic E-state index is -0.494. The summed E-state index contributed by atoms with van der Waals surface area (Å²) in [5.41, 5.74) is -0.494. The lowest BCUT2D eigenvalue weighted by atomic mass is 10.2. The van der Waals surface area contributed by atoms with Gasteiger partial charge >= 0.3 is 12.1 Å². The molecule has 0 radical (unpaired) electrons. The summed E-state index contributed by atoms with van der Waals surface area (Å²) in [6.45, 7) is 7.80. The maximum atomic E-state index is 11.9. The van der Waals surface area contributed by atoms with Crippen molar-refractivity contribution in [3.8, 4) is 0 Å². The van der Waals surface area contributed by atoms with Gasteiger partial charge in [0.25, 0.3) is 0 Å². The zero-order valence-electron chi connectivity index (χ0n) is 11.0. The Morgan fingerprint density at radius 3 is 2.53 bits per heavy atom. The lowest BCUT2D eigenvalue weighted by Crippen LogP contribution is -2.41. The van der Waals surface area contributed by atoms with Crippen LogP contribution in [0.15, 0.2) is 0 Å². The summed E-state index contributed by atoms with van der Waals surface area (Å²) in [7, 11) is 0. The van der Waals surface area contributed by atoms with Crippen molar-refractivity contribution in [1.82, 2.24) is 4.90 Å². The van der Waals surface area contributed by atoms with Crippen molar-refractivity contribution < 1.29 is 19.1 Å². The van der Waals surface area contributed by atoms with Crippen LogP contribution >= 0.6 is 0 Å². The van der Waals surface area contributed by atoms with Gasteiger partial charge in [0.1, 0.15) is 12.2 Å².